The second kappa shape index (κ2) is 6.54. The lowest BCUT2D eigenvalue weighted by atomic mass is 10.2. The Morgan fingerprint density at radius 3 is 2.92 bits per heavy atom. The monoisotopic (exact) mass is 323 g/mol. The van der Waals surface area contributed by atoms with Crippen molar-refractivity contribution in [2.24, 2.45) is 7.05 Å². The Kier molecular flexibility index (Phi) is 4.29. The van der Waals surface area contributed by atoms with Gasteiger partial charge in [-0.25, -0.2) is 0 Å². The number of para-hydroxylation sites is 1. The fourth-order valence-corrected chi connectivity index (χ4v) is 2.35. The van der Waals surface area contributed by atoms with Gasteiger partial charge < -0.3 is 14.6 Å². The lowest BCUT2D eigenvalue weighted by molar-refractivity contribution is -0.118. The number of carbonyl (C=O) groups excluding carboxylic acids is 1. The molecule has 0 saturated carbocycles. The maximum Gasteiger partial charge on any atom is 0.262 e. The number of anilines is 1. The molecule has 2 heterocycles. The molecule has 0 spiro atoms. The fourth-order valence-electron chi connectivity index (χ4n) is 2.35. The molecule has 1 aromatic carbocycles. The SMILES string of the molecule is Cc1cc(=O)c(OCC(=O)Nc2cccc3cccnc23)cn1C. The minimum absolute atomic E-state index is 0.147. The molecule has 0 fully saturated rings. The van der Waals surface area contributed by atoms with Gasteiger partial charge in [0.1, 0.15) is 0 Å². The zero-order valence-corrected chi connectivity index (χ0v) is 13.4. The van der Waals surface area contributed by atoms with Crippen LogP contribution in [0.1, 0.15) is 5.69 Å². The number of amides is 1. The van der Waals surface area contributed by atoms with Crippen LogP contribution in [0.15, 0.2) is 53.6 Å². The van der Waals surface area contributed by atoms with E-state index in [4.69, 9.17) is 4.74 Å². The minimum atomic E-state index is -0.351. The molecule has 24 heavy (non-hydrogen) atoms. The number of nitrogens with zero attached hydrogens (tertiary/aromatic N) is 2. The first-order valence-electron chi connectivity index (χ1n) is 7.48. The lowest BCUT2D eigenvalue weighted by Crippen LogP contribution is -2.23. The molecule has 6 heteroatoms. The molecular weight excluding hydrogens is 306 g/mol. The average Bonchev–Trinajstić information content (AvgIpc) is 2.57. The van der Waals surface area contributed by atoms with Crippen LogP contribution in [0.25, 0.3) is 10.9 Å². The Morgan fingerprint density at radius 1 is 1.29 bits per heavy atom. The highest BCUT2D eigenvalue weighted by atomic mass is 16.5. The lowest BCUT2D eigenvalue weighted by Gasteiger charge is -2.10. The van der Waals surface area contributed by atoms with Crippen LogP contribution in [0.5, 0.6) is 5.75 Å². The van der Waals surface area contributed by atoms with Gasteiger partial charge >= 0.3 is 0 Å². The number of hydrogen-bond donors (Lipinski definition) is 1. The summed E-state index contributed by atoms with van der Waals surface area (Å²) >= 11 is 0. The smallest absolute Gasteiger partial charge is 0.262 e. The number of aryl methyl sites for hydroxylation is 2. The zero-order valence-electron chi connectivity index (χ0n) is 13.4. The van der Waals surface area contributed by atoms with Crippen LogP contribution in [0.2, 0.25) is 0 Å². The van der Waals surface area contributed by atoms with Crippen molar-refractivity contribution in [2.75, 3.05) is 11.9 Å². The molecule has 3 aromatic rings. The Bertz CT molecular complexity index is 958. The molecule has 0 aliphatic carbocycles. The molecule has 0 radical (unpaired) electrons. The topological polar surface area (TPSA) is 73.2 Å². The van der Waals surface area contributed by atoms with Gasteiger partial charge in [-0.3, -0.25) is 14.6 Å². The Morgan fingerprint density at radius 2 is 2.08 bits per heavy atom. The first-order valence-corrected chi connectivity index (χ1v) is 7.48. The number of fused-ring (bicyclic) bond motifs is 1. The van der Waals surface area contributed by atoms with E-state index in [2.05, 4.69) is 10.3 Å². The molecule has 0 atom stereocenters. The summed E-state index contributed by atoms with van der Waals surface area (Å²) in [5.41, 5.74) is 1.89. The van der Waals surface area contributed by atoms with Gasteiger partial charge in [0.15, 0.2) is 12.4 Å². The van der Waals surface area contributed by atoms with E-state index in [1.807, 2.05) is 38.2 Å². The number of rotatable bonds is 4. The van der Waals surface area contributed by atoms with E-state index >= 15 is 0 Å². The van der Waals surface area contributed by atoms with Crippen molar-refractivity contribution in [3.8, 4) is 5.75 Å². The summed E-state index contributed by atoms with van der Waals surface area (Å²) in [5.74, 6) is -0.204. The van der Waals surface area contributed by atoms with Crippen LogP contribution >= 0.6 is 0 Å². The van der Waals surface area contributed by atoms with E-state index in [0.29, 0.717) is 11.2 Å². The quantitative estimate of drug-likeness (QED) is 0.799. The van der Waals surface area contributed by atoms with Crippen molar-refractivity contribution in [2.45, 2.75) is 6.92 Å². The van der Waals surface area contributed by atoms with Gasteiger partial charge in [0, 0.05) is 36.6 Å². The summed E-state index contributed by atoms with van der Waals surface area (Å²) < 4.78 is 7.12. The fraction of sp³-hybridized carbons (Fsp3) is 0.167. The predicted molar refractivity (Wildman–Crippen MR) is 92.3 cm³/mol. The number of benzene rings is 1. The third-order valence-electron chi connectivity index (χ3n) is 3.72. The Balaban J connectivity index is 1.72. The highest BCUT2D eigenvalue weighted by Gasteiger charge is 2.09. The second-order valence-electron chi connectivity index (χ2n) is 5.47. The Hall–Kier alpha value is -3.15. The predicted octanol–water partition coefficient (Wildman–Crippen LogP) is 2.26. The number of aromatic nitrogens is 2. The molecular formula is C18H17N3O3. The molecule has 1 N–H and O–H groups in total. The summed E-state index contributed by atoms with van der Waals surface area (Å²) in [4.78, 5) is 28.3. The summed E-state index contributed by atoms with van der Waals surface area (Å²) in [6.45, 7) is 1.58. The van der Waals surface area contributed by atoms with E-state index in [1.54, 1.807) is 23.0 Å². The van der Waals surface area contributed by atoms with Gasteiger partial charge in [-0.15, -0.1) is 0 Å². The largest absolute Gasteiger partial charge is 0.478 e. The molecule has 0 aliphatic heterocycles. The summed E-state index contributed by atoms with van der Waals surface area (Å²) in [7, 11) is 1.81. The van der Waals surface area contributed by atoms with E-state index < -0.39 is 0 Å². The van der Waals surface area contributed by atoms with Gasteiger partial charge in [0.25, 0.3) is 5.91 Å². The number of ether oxygens (including phenoxy) is 1. The molecule has 6 nitrogen and oxygen atoms in total. The van der Waals surface area contributed by atoms with Crippen molar-refractivity contribution < 1.29 is 9.53 Å². The van der Waals surface area contributed by atoms with Crippen LogP contribution in [0.4, 0.5) is 5.69 Å². The minimum Gasteiger partial charge on any atom is -0.478 e. The number of hydrogen-bond acceptors (Lipinski definition) is 4. The van der Waals surface area contributed by atoms with E-state index in [1.165, 1.54) is 6.07 Å². The van der Waals surface area contributed by atoms with Crippen LogP contribution in [0.3, 0.4) is 0 Å². The van der Waals surface area contributed by atoms with Crippen molar-refractivity contribution in [3.63, 3.8) is 0 Å². The zero-order chi connectivity index (χ0) is 17.1. The van der Waals surface area contributed by atoms with Gasteiger partial charge in [-0.1, -0.05) is 18.2 Å². The van der Waals surface area contributed by atoms with E-state index in [9.17, 15) is 9.59 Å². The molecule has 1 amide bonds. The molecule has 0 saturated heterocycles. The van der Waals surface area contributed by atoms with Gasteiger partial charge in [0.05, 0.1) is 11.2 Å². The molecule has 0 unspecified atom stereocenters. The number of pyridine rings is 2. The number of nitrogens with one attached hydrogen (secondary N) is 1. The van der Waals surface area contributed by atoms with Gasteiger partial charge in [0.2, 0.25) is 5.43 Å². The van der Waals surface area contributed by atoms with Crippen LogP contribution in [0, 0.1) is 6.92 Å². The van der Waals surface area contributed by atoms with Crippen molar-refractivity contribution in [1.82, 2.24) is 9.55 Å². The van der Waals surface area contributed by atoms with Crippen molar-refractivity contribution in [3.05, 3.63) is 64.7 Å². The third-order valence-corrected chi connectivity index (χ3v) is 3.72. The number of carbonyl (C=O) groups is 1. The van der Waals surface area contributed by atoms with Crippen molar-refractivity contribution in [1.29, 1.82) is 0 Å². The summed E-state index contributed by atoms with van der Waals surface area (Å²) in [6, 6.07) is 10.8. The summed E-state index contributed by atoms with van der Waals surface area (Å²) in [6.07, 6.45) is 3.24. The van der Waals surface area contributed by atoms with Crippen molar-refractivity contribution >= 4 is 22.5 Å². The highest BCUT2D eigenvalue weighted by Crippen LogP contribution is 2.20. The summed E-state index contributed by atoms with van der Waals surface area (Å²) in [5, 5.41) is 3.70. The maximum absolute atomic E-state index is 12.1. The normalized spacial score (nSPS) is 10.6. The highest BCUT2D eigenvalue weighted by molar-refractivity contribution is 6.00. The van der Waals surface area contributed by atoms with E-state index in [-0.39, 0.29) is 23.7 Å². The first kappa shape index (κ1) is 15.7. The third kappa shape index (κ3) is 3.27. The molecule has 3 rings (SSSR count). The molecule has 0 bridgehead atoms. The van der Waals surface area contributed by atoms with Crippen LogP contribution in [-0.2, 0) is 11.8 Å². The van der Waals surface area contributed by atoms with Gasteiger partial charge in [-0.2, -0.15) is 0 Å². The molecule has 122 valence electrons. The first-order chi connectivity index (χ1) is 11.5. The van der Waals surface area contributed by atoms with Gasteiger partial charge in [-0.05, 0) is 19.1 Å². The van der Waals surface area contributed by atoms with E-state index in [0.717, 1.165) is 11.1 Å². The standard InChI is InChI=1S/C18H17N3O3/c1-12-9-15(22)16(10-21(12)2)24-11-17(23)20-14-7-3-5-13-6-4-8-19-18(13)14/h3-10H,11H2,1-2H3,(H,20,23). The maximum atomic E-state index is 12.1. The average molecular weight is 323 g/mol. The van der Waals surface area contributed by atoms with Crippen LogP contribution < -0.4 is 15.5 Å². The van der Waals surface area contributed by atoms with Crippen LogP contribution in [-0.4, -0.2) is 22.1 Å². The Labute approximate surface area is 138 Å². The molecule has 0 aliphatic rings. The second-order valence-corrected chi connectivity index (χ2v) is 5.47. The molecule has 2 aromatic heterocycles.